The Morgan fingerprint density at radius 2 is 1.88 bits per heavy atom. The van der Waals surface area contributed by atoms with E-state index in [1.807, 2.05) is 51.1 Å². The molecule has 0 heterocycles. The molecule has 1 aromatic carbocycles. The molecular formula is C14H21NO2. The molecule has 0 aromatic heterocycles. The summed E-state index contributed by atoms with van der Waals surface area (Å²) in [6.07, 6.45) is 0. The normalized spacial score (nSPS) is 13.2. The van der Waals surface area contributed by atoms with Crippen molar-refractivity contribution in [3.8, 4) is 0 Å². The molecular weight excluding hydrogens is 214 g/mol. The number of hydrogen-bond acceptors (Lipinski definition) is 2. The number of amides is 1. The van der Waals surface area contributed by atoms with E-state index < -0.39 is 5.41 Å². The van der Waals surface area contributed by atoms with Crippen molar-refractivity contribution in [2.45, 2.75) is 32.2 Å². The molecule has 0 aliphatic heterocycles. The van der Waals surface area contributed by atoms with Gasteiger partial charge in [-0.15, -0.1) is 0 Å². The first-order chi connectivity index (χ1) is 7.91. The molecule has 0 saturated heterocycles. The monoisotopic (exact) mass is 235 g/mol. The van der Waals surface area contributed by atoms with Gasteiger partial charge in [-0.2, -0.15) is 0 Å². The van der Waals surface area contributed by atoms with Crippen LogP contribution in [0.3, 0.4) is 0 Å². The van der Waals surface area contributed by atoms with Crippen LogP contribution < -0.4 is 0 Å². The second-order valence-electron chi connectivity index (χ2n) is 4.94. The Morgan fingerprint density at radius 3 is 2.35 bits per heavy atom. The molecule has 3 heteroatoms. The molecule has 0 bridgehead atoms. The van der Waals surface area contributed by atoms with Crippen LogP contribution in [0.4, 0.5) is 0 Å². The van der Waals surface area contributed by atoms with Gasteiger partial charge in [0, 0.05) is 7.05 Å². The highest BCUT2D eigenvalue weighted by Crippen LogP contribution is 2.25. The summed E-state index contributed by atoms with van der Waals surface area (Å²) in [5.41, 5.74) is 0.418. The van der Waals surface area contributed by atoms with Crippen molar-refractivity contribution in [1.82, 2.24) is 4.90 Å². The number of nitrogens with zero attached hydrogens (tertiary/aromatic N) is 1. The lowest BCUT2D eigenvalue weighted by Gasteiger charge is -2.32. The molecule has 1 rings (SSSR count). The topological polar surface area (TPSA) is 40.5 Å². The number of rotatable bonds is 4. The van der Waals surface area contributed by atoms with Gasteiger partial charge in [0.25, 0.3) is 0 Å². The standard InChI is InChI=1S/C14H21NO2/c1-11(10-16)15(4)13(17)14(2,3)12-8-6-5-7-9-12/h5-9,11,16H,10H2,1-4H3. The minimum absolute atomic E-state index is 0.0188. The summed E-state index contributed by atoms with van der Waals surface area (Å²) >= 11 is 0. The molecule has 0 aliphatic rings. The minimum Gasteiger partial charge on any atom is -0.394 e. The average Bonchev–Trinajstić information content (AvgIpc) is 2.37. The molecule has 3 nitrogen and oxygen atoms in total. The van der Waals surface area contributed by atoms with Crippen LogP contribution in [0.5, 0.6) is 0 Å². The van der Waals surface area contributed by atoms with Crippen LogP contribution in [-0.4, -0.2) is 35.6 Å². The zero-order valence-corrected chi connectivity index (χ0v) is 11.0. The van der Waals surface area contributed by atoms with Gasteiger partial charge < -0.3 is 10.0 Å². The third kappa shape index (κ3) is 2.86. The molecule has 0 fully saturated rings. The van der Waals surface area contributed by atoms with Crippen LogP contribution in [0.25, 0.3) is 0 Å². The van der Waals surface area contributed by atoms with Crippen molar-refractivity contribution in [1.29, 1.82) is 0 Å². The summed E-state index contributed by atoms with van der Waals surface area (Å²) in [5, 5.41) is 9.10. The van der Waals surface area contributed by atoms with Crippen LogP contribution in [0.15, 0.2) is 30.3 Å². The van der Waals surface area contributed by atoms with E-state index in [-0.39, 0.29) is 18.6 Å². The van der Waals surface area contributed by atoms with Crippen molar-refractivity contribution in [2.24, 2.45) is 0 Å². The van der Waals surface area contributed by atoms with Crippen LogP contribution in [0.1, 0.15) is 26.3 Å². The van der Waals surface area contributed by atoms with Gasteiger partial charge in [0.1, 0.15) is 0 Å². The maximum Gasteiger partial charge on any atom is 0.232 e. The average molecular weight is 235 g/mol. The fourth-order valence-electron chi connectivity index (χ4n) is 1.74. The van der Waals surface area contributed by atoms with Gasteiger partial charge in [-0.1, -0.05) is 30.3 Å². The van der Waals surface area contributed by atoms with Crippen LogP contribution in [-0.2, 0) is 10.2 Å². The van der Waals surface area contributed by atoms with Crippen molar-refractivity contribution in [3.63, 3.8) is 0 Å². The Morgan fingerprint density at radius 1 is 1.35 bits per heavy atom. The summed E-state index contributed by atoms with van der Waals surface area (Å²) in [6, 6.07) is 9.54. The second kappa shape index (κ2) is 5.32. The molecule has 0 aliphatic carbocycles. The Balaban J connectivity index is 2.95. The van der Waals surface area contributed by atoms with Gasteiger partial charge in [-0.25, -0.2) is 0 Å². The van der Waals surface area contributed by atoms with Gasteiger partial charge >= 0.3 is 0 Å². The highest BCUT2D eigenvalue weighted by molar-refractivity contribution is 5.87. The Kier molecular flexibility index (Phi) is 4.29. The number of aliphatic hydroxyl groups excluding tert-OH is 1. The van der Waals surface area contributed by atoms with Gasteiger partial charge in [0.05, 0.1) is 18.1 Å². The maximum absolute atomic E-state index is 12.4. The molecule has 17 heavy (non-hydrogen) atoms. The number of aliphatic hydroxyl groups is 1. The van der Waals surface area contributed by atoms with Gasteiger partial charge in [0.2, 0.25) is 5.91 Å². The maximum atomic E-state index is 12.4. The highest BCUT2D eigenvalue weighted by atomic mass is 16.3. The summed E-state index contributed by atoms with van der Waals surface area (Å²) in [6.45, 7) is 5.63. The van der Waals surface area contributed by atoms with Crippen molar-refractivity contribution < 1.29 is 9.90 Å². The molecule has 0 spiro atoms. The molecule has 94 valence electrons. The van der Waals surface area contributed by atoms with E-state index in [0.717, 1.165) is 5.56 Å². The highest BCUT2D eigenvalue weighted by Gasteiger charge is 2.33. The van der Waals surface area contributed by atoms with E-state index in [9.17, 15) is 4.79 Å². The fourth-order valence-corrected chi connectivity index (χ4v) is 1.74. The first-order valence-electron chi connectivity index (χ1n) is 5.85. The predicted molar refractivity (Wildman–Crippen MR) is 68.8 cm³/mol. The van der Waals surface area contributed by atoms with Gasteiger partial charge in [-0.05, 0) is 26.3 Å². The first kappa shape index (κ1) is 13.7. The largest absolute Gasteiger partial charge is 0.394 e. The smallest absolute Gasteiger partial charge is 0.232 e. The molecule has 0 saturated carbocycles. The van der Waals surface area contributed by atoms with Gasteiger partial charge in [0.15, 0.2) is 0 Å². The molecule has 1 atom stereocenters. The lowest BCUT2D eigenvalue weighted by atomic mass is 9.83. The third-order valence-electron chi connectivity index (χ3n) is 3.28. The van der Waals surface area contributed by atoms with Crippen LogP contribution >= 0.6 is 0 Å². The fraction of sp³-hybridized carbons (Fsp3) is 0.500. The quantitative estimate of drug-likeness (QED) is 0.864. The molecule has 0 radical (unpaired) electrons. The van der Waals surface area contributed by atoms with E-state index in [2.05, 4.69) is 0 Å². The first-order valence-corrected chi connectivity index (χ1v) is 5.85. The molecule has 1 N–H and O–H groups in total. The Labute approximate surface area is 103 Å². The molecule has 1 amide bonds. The zero-order chi connectivity index (χ0) is 13.1. The van der Waals surface area contributed by atoms with E-state index in [1.165, 1.54) is 0 Å². The van der Waals surface area contributed by atoms with Crippen LogP contribution in [0, 0.1) is 0 Å². The van der Waals surface area contributed by atoms with E-state index in [0.29, 0.717) is 0 Å². The number of likely N-dealkylation sites (N-methyl/N-ethyl adjacent to an activating group) is 1. The van der Waals surface area contributed by atoms with Crippen LogP contribution in [0.2, 0.25) is 0 Å². The zero-order valence-electron chi connectivity index (χ0n) is 11.0. The molecule has 1 aromatic rings. The summed E-state index contributed by atoms with van der Waals surface area (Å²) < 4.78 is 0. The van der Waals surface area contributed by atoms with E-state index >= 15 is 0 Å². The Bertz CT molecular complexity index is 373. The second-order valence-corrected chi connectivity index (χ2v) is 4.94. The van der Waals surface area contributed by atoms with E-state index in [1.54, 1.807) is 11.9 Å². The van der Waals surface area contributed by atoms with Gasteiger partial charge in [-0.3, -0.25) is 4.79 Å². The Hall–Kier alpha value is -1.35. The predicted octanol–water partition coefficient (Wildman–Crippen LogP) is 1.80. The van der Waals surface area contributed by atoms with Crippen molar-refractivity contribution in [3.05, 3.63) is 35.9 Å². The van der Waals surface area contributed by atoms with E-state index in [4.69, 9.17) is 5.11 Å². The molecule has 1 unspecified atom stereocenters. The minimum atomic E-state index is -0.570. The lowest BCUT2D eigenvalue weighted by molar-refractivity contribution is -0.137. The number of hydrogen-bond donors (Lipinski definition) is 1. The number of benzene rings is 1. The third-order valence-corrected chi connectivity index (χ3v) is 3.28. The summed E-state index contributed by atoms with van der Waals surface area (Å²) in [7, 11) is 1.73. The SMILES string of the molecule is CC(CO)N(C)C(=O)C(C)(C)c1ccccc1. The van der Waals surface area contributed by atoms with Crippen molar-refractivity contribution >= 4 is 5.91 Å². The van der Waals surface area contributed by atoms with Crippen molar-refractivity contribution in [2.75, 3.05) is 13.7 Å². The summed E-state index contributed by atoms with van der Waals surface area (Å²) in [4.78, 5) is 14.0. The number of carbonyl (C=O) groups is 1. The lowest BCUT2D eigenvalue weighted by Crippen LogP contribution is -2.46. The number of carbonyl (C=O) groups excluding carboxylic acids is 1. The summed E-state index contributed by atoms with van der Waals surface area (Å²) in [5.74, 6) is 0.0188.